The number of ketones is 1. The number of hydrogen-bond acceptors (Lipinski definition) is 9. The van der Waals surface area contributed by atoms with E-state index in [1.54, 1.807) is 19.9 Å². The van der Waals surface area contributed by atoms with E-state index >= 15 is 0 Å². The molecule has 3 aliphatic heterocycles. The molecule has 0 amide bonds. The molecule has 0 bridgehead atoms. The van der Waals surface area contributed by atoms with Crippen LogP contribution in [0.25, 0.3) is 0 Å². The first-order chi connectivity index (χ1) is 15.1. The Labute approximate surface area is 184 Å². The average Bonchev–Trinajstić information content (AvgIpc) is 2.77. The number of benzene rings is 2. The summed E-state index contributed by atoms with van der Waals surface area (Å²) in [5.41, 5.74) is -2.66. The Morgan fingerprint density at radius 3 is 2.44 bits per heavy atom. The fraction of sp³-hybridized carbons (Fsp3) is 0.435. The summed E-state index contributed by atoms with van der Waals surface area (Å²) in [6.07, 6.45) is -3.69. The third-order valence-electron chi connectivity index (χ3n) is 6.44. The van der Waals surface area contributed by atoms with Crippen LogP contribution in [0.15, 0.2) is 24.3 Å². The van der Waals surface area contributed by atoms with Crippen molar-refractivity contribution in [2.75, 3.05) is 20.8 Å². The predicted octanol–water partition coefficient (Wildman–Crippen LogP) is 1.49. The number of rotatable bonds is 2. The first kappa shape index (κ1) is 20.9. The van der Waals surface area contributed by atoms with Gasteiger partial charge in [-0.05, 0) is 32.0 Å². The molecule has 0 unspecified atom stereocenters. The van der Waals surface area contributed by atoms with E-state index in [2.05, 4.69) is 0 Å². The highest BCUT2D eigenvalue weighted by atomic mass is 16.6. The third-order valence-corrected chi connectivity index (χ3v) is 6.44. The van der Waals surface area contributed by atoms with Gasteiger partial charge in [0.25, 0.3) is 0 Å². The smallest absolute Gasteiger partial charge is 0.206 e. The van der Waals surface area contributed by atoms with Gasteiger partial charge in [0.2, 0.25) is 5.78 Å². The first-order valence-corrected chi connectivity index (χ1v) is 10.2. The van der Waals surface area contributed by atoms with Crippen LogP contribution in [-0.4, -0.2) is 59.7 Å². The first-order valence-electron chi connectivity index (χ1n) is 10.2. The summed E-state index contributed by atoms with van der Waals surface area (Å²) in [5.74, 6) is 0.742. The monoisotopic (exact) mass is 444 g/mol. The van der Waals surface area contributed by atoms with Crippen LogP contribution in [-0.2, 0) is 5.60 Å². The number of methoxy groups -OCH3 is 2. The van der Waals surface area contributed by atoms with Crippen molar-refractivity contribution in [3.05, 3.63) is 41.0 Å². The Kier molecular flexibility index (Phi) is 4.40. The maximum Gasteiger partial charge on any atom is 0.206 e. The van der Waals surface area contributed by atoms with Crippen LogP contribution in [0.3, 0.4) is 0 Å². The largest absolute Gasteiger partial charge is 0.493 e. The second-order valence-corrected chi connectivity index (χ2v) is 8.67. The highest BCUT2D eigenvalue weighted by molar-refractivity contribution is 6.07. The molecule has 4 atom stereocenters. The highest BCUT2D eigenvalue weighted by Gasteiger charge is 2.57. The number of aliphatic hydroxyl groups is 3. The molecule has 0 saturated carbocycles. The maximum absolute atomic E-state index is 13.6. The lowest BCUT2D eigenvalue weighted by Gasteiger charge is -2.46. The van der Waals surface area contributed by atoms with Crippen molar-refractivity contribution in [2.45, 2.75) is 43.4 Å². The molecular formula is C23H24O9. The van der Waals surface area contributed by atoms with Crippen LogP contribution < -0.4 is 23.7 Å². The number of carbonyl (C=O) groups excluding carboxylic acids is 1. The number of Topliss-reactive ketones (excluding diaryl/α,β-unsaturated/α-hetero) is 1. The zero-order valence-electron chi connectivity index (χ0n) is 18.0. The summed E-state index contributed by atoms with van der Waals surface area (Å²) in [7, 11) is 2.92. The summed E-state index contributed by atoms with van der Waals surface area (Å²) >= 11 is 0. The Morgan fingerprint density at radius 2 is 1.75 bits per heavy atom. The zero-order valence-corrected chi connectivity index (χ0v) is 18.0. The molecule has 3 N–H and O–H groups in total. The summed E-state index contributed by atoms with van der Waals surface area (Å²) in [6, 6.07) is 6.06. The Morgan fingerprint density at radius 1 is 1.06 bits per heavy atom. The molecule has 0 spiro atoms. The van der Waals surface area contributed by atoms with E-state index in [0.29, 0.717) is 17.2 Å². The minimum Gasteiger partial charge on any atom is -0.493 e. The number of hydrogen-bond donors (Lipinski definition) is 3. The minimum atomic E-state index is -2.05. The summed E-state index contributed by atoms with van der Waals surface area (Å²) in [4.78, 5) is 13.6. The lowest BCUT2D eigenvalue weighted by molar-refractivity contribution is -0.116. The third kappa shape index (κ3) is 2.58. The van der Waals surface area contributed by atoms with E-state index in [-0.39, 0.29) is 34.8 Å². The SMILES string of the molecule is COc1cc2c(cc1OC)[C@]1(O)C(=O)c3ccc4c(c3O[C@@H]1CO2)[C@H](O)[C@H](O)C(C)(C)O4. The molecule has 2 aromatic rings. The van der Waals surface area contributed by atoms with Crippen LogP contribution >= 0.6 is 0 Å². The lowest BCUT2D eigenvalue weighted by Crippen LogP contribution is -2.58. The van der Waals surface area contributed by atoms with E-state index in [9.17, 15) is 20.1 Å². The minimum absolute atomic E-state index is 0.0664. The molecule has 0 saturated heterocycles. The number of carbonyl (C=O) groups is 1. The van der Waals surface area contributed by atoms with Gasteiger partial charge in [-0.3, -0.25) is 4.79 Å². The van der Waals surface area contributed by atoms with Gasteiger partial charge in [-0.2, -0.15) is 0 Å². The topological polar surface area (TPSA) is 124 Å². The Bertz CT molecular complexity index is 1120. The van der Waals surface area contributed by atoms with Gasteiger partial charge in [0.05, 0.1) is 25.3 Å². The van der Waals surface area contributed by atoms with Gasteiger partial charge >= 0.3 is 0 Å². The molecule has 5 rings (SSSR count). The molecule has 3 heterocycles. The van der Waals surface area contributed by atoms with Crippen molar-refractivity contribution in [3.63, 3.8) is 0 Å². The van der Waals surface area contributed by atoms with Crippen molar-refractivity contribution in [1.29, 1.82) is 0 Å². The fourth-order valence-corrected chi connectivity index (χ4v) is 4.61. The molecule has 9 heteroatoms. The van der Waals surface area contributed by atoms with Gasteiger partial charge in [0.1, 0.15) is 41.7 Å². The standard InChI is InChI=1S/C23H24O9/c1-22(2)21(26)18(24)17-12(32-22)6-5-10-19(17)31-16-9-30-13-8-15(29-4)14(28-3)7-11(13)23(16,27)20(10)25/h5-8,16,18,21,24,26-27H,9H2,1-4H3/t16-,18+,21+,23-/m1/s1. The molecule has 9 nitrogen and oxygen atoms in total. The number of ether oxygens (including phenoxy) is 5. The molecule has 0 aromatic heterocycles. The Hall–Kier alpha value is -3.01. The molecule has 0 radical (unpaired) electrons. The molecule has 32 heavy (non-hydrogen) atoms. The van der Waals surface area contributed by atoms with Gasteiger partial charge in [0, 0.05) is 11.6 Å². The van der Waals surface area contributed by atoms with E-state index in [4.69, 9.17) is 23.7 Å². The maximum atomic E-state index is 13.6. The van der Waals surface area contributed by atoms with Gasteiger partial charge in [-0.25, -0.2) is 0 Å². The van der Waals surface area contributed by atoms with Gasteiger partial charge in [-0.1, -0.05) is 0 Å². The van der Waals surface area contributed by atoms with Crippen LogP contribution in [0.4, 0.5) is 0 Å². The zero-order chi connectivity index (χ0) is 23.0. The van der Waals surface area contributed by atoms with E-state index in [1.165, 1.54) is 32.4 Å². The summed E-state index contributed by atoms with van der Waals surface area (Å²) in [5, 5.41) is 33.0. The van der Waals surface area contributed by atoms with Gasteiger partial charge < -0.3 is 39.0 Å². The number of aliphatic hydroxyl groups excluding tert-OH is 2. The van der Waals surface area contributed by atoms with Gasteiger partial charge in [0.15, 0.2) is 23.2 Å². The van der Waals surface area contributed by atoms with Gasteiger partial charge in [-0.15, -0.1) is 0 Å². The molecular weight excluding hydrogens is 420 g/mol. The lowest BCUT2D eigenvalue weighted by atomic mass is 9.76. The predicted molar refractivity (Wildman–Crippen MR) is 110 cm³/mol. The van der Waals surface area contributed by atoms with Crippen LogP contribution in [0.5, 0.6) is 28.7 Å². The average molecular weight is 444 g/mol. The van der Waals surface area contributed by atoms with E-state index in [0.717, 1.165) is 0 Å². The van der Waals surface area contributed by atoms with Crippen molar-refractivity contribution in [1.82, 2.24) is 0 Å². The van der Waals surface area contributed by atoms with E-state index < -0.39 is 35.3 Å². The second kappa shape index (κ2) is 6.74. The van der Waals surface area contributed by atoms with Crippen LogP contribution in [0.2, 0.25) is 0 Å². The van der Waals surface area contributed by atoms with E-state index in [1.807, 2.05) is 0 Å². The number of fused-ring (bicyclic) bond motifs is 6. The highest BCUT2D eigenvalue weighted by Crippen LogP contribution is 2.53. The quantitative estimate of drug-likeness (QED) is 0.632. The molecule has 170 valence electrons. The van der Waals surface area contributed by atoms with Crippen molar-refractivity contribution in [3.8, 4) is 28.7 Å². The summed E-state index contributed by atoms with van der Waals surface area (Å²) in [6.45, 7) is 3.18. The fourth-order valence-electron chi connectivity index (χ4n) is 4.61. The molecule has 0 aliphatic carbocycles. The van der Waals surface area contributed by atoms with Crippen LogP contribution in [0, 0.1) is 0 Å². The normalized spacial score (nSPS) is 29.2. The van der Waals surface area contributed by atoms with Crippen LogP contribution in [0.1, 0.15) is 41.4 Å². The van der Waals surface area contributed by atoms with Crippen molar-refractivity contribution in [2.24, 2.45) is 0 Å². The Balaban J connectivity index is 1.67. The van der Waals surface area contributed by atoms with Crippen molar-refractivity contribution < 1.29 is 43.8 Å². The molecule has 2 aromatic carbocycles. The molecule has 3 aliphatic rings. The summed E-state index contributed by atoms with van der Waals surface area (Å²) < 4.78 is 28.3. The molecule has 0 fully saturated rings. The second-order valence-electron chi connectivity index (χ2n) is 8.67. The van der Waals surface area contributed by atoms with Crippen molar-refractivity contribution >= 4 is 5.78 Å².